The molecule has 0 fully saturated rings. The number of ether oxygens (including phenoxy) is 1. The molecule has 10 heteroatoms. The third-order valence-corrected chi connectivity index (χ3v) is 7.82. The highest BCUT2D eigenvalue weighted by Crippen LogP contribution is 2.37. The Morgan fingerprint density at radius 1 is 1.19 bits per heavy atom. The highest BCUT2D eigenvalue weighted by Gasteiger charge is 2.22. The maximum absolute atomic E-state index is 13.4. The monoisotopic (exact) mass is 499 g/mol. The molecule has 1 unspecified atom stereocenters. The molecular formula is C21H24Cl2FN3O2SSi. The minimum absolute atomic E-state index is 0.186. The van der Waals surface area contributed by atoms with Gasteiger partial charge < -0.3 is 4.74 Å². The number of aromatic nitrogens is 3. The summed E-state index contributed by atoms with van der Waals surface area (Å²) < 4.78 is 32.9. The number of hydrogen-bond donors (Lipinski definition) is 0. The van der Waals surface area contributed by atoms with Crippen LogP contribution in [0.3, 0.4) is 0 Å². The largest absolute Gasteiger partial charge is 0.361 e. The van der Waals surface area contributed by atoms with Crippen LogP contribution in [0.5, 0.6) is 0 Å². The maximum atomic E-state index is 13.4. The molecule has 0 amide bonds. The van der Waals surface area contributed by atoms with Gasteiger partial charge in [0.2, 0.25) is 0 Å². The fourth-order valence-electron chi connectivity index (χ4n) is 2.91. The number of pyridine rings is 1. The molecule has 31 heavy (non-hydrogen) atoms. The first-order valence-corrected chi connectivity index (χ1v) is 15.7. The summed E-state index contributed by atoms with van der Waals surface area (Å²) in [4.78, 5) is 9.23. The van der Waals surface area contributed by atoms with Crippen LogP contribution in [0.4, 0.5) is 4.39 Å². The van der Waals surface area contributed by atoms with E-state index in [4.69, 9.17) is 27.9 Å². The van der Waals surface area contributed by atoms with E-state index in [9.17, 15) is 8.60 Å². The minimum Gasteiger partial charge on any atom is -0.361 e. The van der Waals surface area contributed by atoms with E-state index in [0.717, 1.165) is 12.2 Å². The standard InChI is InChI=1S/C21H24Cl2FN3O2SSi/c1-30(28)15-6-7-16(17(22)11-15)19-20(23)26-21(18-8-5-14(24)12-25-18)27(19)13-29-9-10-31(2,3)4/h5-8,11-12H,9-10,13H2,1-4H3. The number of benzene rings is 1. The van der Waals surface area contributed by atoms with E-state index in [0.29, 0.717) is 39.3 Å². The summed E-state index contributed by atoms with van der Waals surface area (Å²) in [6, 6.07) is 9.03. The van der Waals surface area contributed by atoms with Crippen LogP contribution in [0.1, 0.15) is 0 Å². The predicted octanol–water partition coefficient (Wildman–Crippen LogP) is 6.11. The van der Waals surface area contributed by atoms with Crippen molar-refractivity contribution < 1.29 is 13.3 Å². The van der Waals surface area contributed by atoms with Crippen molar-refractivity contribution in [2.75, 3.05) is 12.9 Å². The first kappa shape index (κ1) is 24.1. The van der Waals surface area contributed by atoms with Gasteiger partial charge in [0.1, 0.15) is 18.2 Å². The van der Waals surface area contributed by atoms with Crippen LogP contribution < -0.4 is 0 Å². The van der Waals surface area contributed by atoms with E-state index >= 15 is 0 Å². The fourth-order valence-corrected chi connectivity index (χ4v) is 4.83. The summed E-state index contributed by atoms with van der Waals surface area (Å²) in [5.74, 6) is 0.0120. The van der Waals surface area contributed by atoms with Gasteiger partial charge in [0, 0.05) is 42.2 Å². The van der Waals surface area contributed by atoms with E-state index in [1.807, 2.05) is 0 Å². The van der Waals surface area contributed by atoms with Crippen molar-refractivity contribution in [3.8, 4) is 22.8 Å². The average molecular weight is 500 g/mol. The lowest BCUT2D eigenvalue weighted by Gasteiger charge is -2.17. The van der Waals surface area contributed by atoms with Gasteiger partial charge >= 0.3 is 0 Å². The Labute approximate surface area is 195 Å². The molecule has 0 radical (unpaired) electrons. The zero-order chi connectivity index (χ0) is 22.8. The summed E-state index contributed by atoms with van der Waals surface area (Å²) in [7, 11) is -2.42. The highest BCUT2D eigenvalue weighted by atomic mass is 35.5. The van der Waals surface area contributed by atoms with Crippen molar-refractivity contribution in [2.45, 2.75) is 37.3 Å². The number of rotatable bonds is 8. The maximum Gasteiger partial charge on any atom is 0.162 e. The third-order valence-electron chi connectivity index (χ3n) is 4.63. The molecule has 3 rings (SSSR count). The van der Waals surface area contributed by atoms with Crippen molar-refractivity contribution in [3.05, 3.63) is 52.5 Å². The third kappa shape index (κ3) is 6.02. The van der Waals surface area contributed by atoms with Crippen LogP contribution in [0, 0.1) is 5.82 Å². The van der Waals surface area contributed by atoms with Crippen molar-refractivity contribution in [1.82, 2.24) is 14.5 Å². The summed E-state index contributed by atoms with van der Waals surface area (Å²) in [5.41, 5.74) is 1.66. The number of nitrogens with zero attached hydrogens (tertiary/aromatic N) is 3. The molecule has 2 heterocycles. The van der Waals surface area contributed by atoms with Gasteiger partial charge in [0.05, 0.1) is 16.9 Å². The van der Waals surface area contributed by atoms with Gasteiger partial charge in [-0.25, -0.2) is 14.4 Å². The normalized spacial score (nSPS) is 12.9. The highest BCUT2D eigenvalue weighted by molar-refractivity contribution is 7.84. The zero-order valence-corrected chi connectivity index (χ0v) is 21.1. The van der Waals surface area contributed by atoms with Crippen LogP contribution in [0.25, 0.3) is 22.8 Å². The average Bonchev–Trinajstić information content (AvgIpc) is 3.01. The molecule has 0 saturated carbocycles. The van der Waals surface area contributed by atoms with Crippen molar-refractivity contribution >= 4 is 42.1 Å². The molecule has 0 spiro atoms. The molecular weight excluding hydrogens is 476 g/mol. The molecule has 0 N–H and O–H groups in total. The Bertz CT molecular complexity index is 1100. The Kier molecular flexibility index (Phi) is 7.70. The molecule has 0 aliphatic rings. The van der Waals surface area contributed by atoms with Crippen LogP contribution in [0.2, 0.25) is 35.9 Å². The van der Waals surface area contributed by atoms with Gasteiger partial charge in [-0.1, -0.05) is 48.9 Å². The van der Waals surface area contributed by atoms with E-state index in [1.54, 1.807) is 35.1 Å². The Balaban J connectivity index is 2.05. The summed E-state index contributed by atoms with van der Waals surface area (Å²) >= 11 is 13.0. The van der Waals surface area contributed by atoms with Crippen molar-refractivity contribution in [1.29, 1.82) is 0 Å². The molecule has 0 bridgehead atoms. The number of hydrogen-bond acceptors (Lipinski definition) is 4. The molecule has 2 aromatic heterocycles. The molecule has 3 aromatic rings. The van der Waals surface area contributed by atoms with Gasteiger partial charge in [-0.05, 0) is 30.3 Å². The Morgan fingerprint density at radius 3 is 2.52 bits per heavy atom. The van der Waals surface area contributed by atoms with Crippen LogP contribution >= 0.6 is 23.2 Å². The van der Waals surface area contributed by atoms with Crippen molar-refractivity contribution in [2.24, 2.45) is 0 Å². The molecule has 1 atom stereocenters. The van der Waals surface area contributed by atoms with E-state index in [-0.39, 0.29) is 11.9 Å². The predicted molar refractivity (Wildman–Crippen MR) is 127 cm³/mol. The smallest absolute Gasteiger partial charge is 0.162 e. The lowest BCUT2D eigenvalue weighted by molar-refractivity contribution is 0.0893. The van der Waals surface area contributed by atoms with E-state index in [2.05, 4.69) is 29.6 Å². The number of halogens is 3. The van der Waals surface area contributed by atoms with Crippen LogP contribution in [-0.2, 0) is 22.3 Å². The van der Waals surface area contributed by atoms with Crippen molar-refractivity contribution in [3.63, 3.8) is 0 Å². The second-order valence-corrected chi connectivity index (χ2v) is 16.1. The van der Waals surface area contributed by atoms with Gasteiger partial charge in [-0.15, -0.1) is 0 Å². The Hall–Kier alpha value is -1.58. The summed E-state index contributed by atoms with van der Waals surface area (Å²) in [6.45, 7) is 7.63. The van der Waals surface area contributed by atoms with Gasteiger partial charge in [0.15, 0.2) is 11.0 Å². The van der Waals surface area contributed by atoms with Gasteiger partial charge in [-0.2, -0.15) is 0 Å². The van der Waals surface area contributed by atoms with Gasteiger partial charge in [-0.3, -0.25) is 8.78 Å². The molecule has 5 nitrogen and oxygen atoms in total. The minimum atomic E-state index is -1.26. The van der Waals surface area contributed by atoms with Gasteiger partial charge in [0.25, 0.3) is 0 Å². The molecule has 0 saturated heterocycles. The first-order valence-electron chi connectivity index (χ1n) is 9.66. The molecule has 0 aliphatic carbocycles. The number of imidazole rings is 1. The lowest BCUT2D eigenvalue weighted by Crippen LogP contribution is -2.22. The second-order valence-electron chi connectivity index (χ2n) is 8.31. The SMILES string of the molecule is CS(=O)c1ccc(-c2c(Cl)nc(-c3ccc(F)cn3)n2COCC[Si](C)(C)C)c(Cl)c1. The first-order chi connectivity index (χ1) is 14.6. The summed E-state index contributed by atoms with van der Waals surface area (Å²) in [5, 5.41) is 0.624. The zero-order valence-electron chi connectivity index (χ0n) is 17.8. The van der Waals surface area contributed by atoms with E-state index in [1.165, 1.54) is 6.07 Å². The van der Waals surface area contributed by atoms with E-state index < -0.39 is 24.7 Å². The van der Waals surface area contributed by atoms with Crippen LogP contribution in [0.15, 0.2) is 41.4 Å². The molecule has 1 aromatic carbocycles. The van der Waals surface area contributed by atoms with Crippen LogP contribution in [-0.4, -0.2) is 39.7 Å². The second kappa shape index (κ2) is 9.91. The topological polar surface area (TPSA) is 57.0 Å². The lowest BCUT2D eigenvalue weighted by atomic mass is 10.1. The fraction of sp³-hybridized carbons (Fsp3) is 0.333. The Morgan fingerprint density at radius 2 is 1.94 bits per heavy atom. The molecule has 166 valence electrons. The summed E-state index contributed by atoms with van der Waals surface area (Å²) in [6.07, 6.45) is 2.72. The quantitative estimate of drug-likeness (QED) is 0.277. The molecule has 0 aliphatic heterocycles.